The van der Waals surface area contributed by atoms with Gasteiger partial charge >= 0.3 is 0 Å². The van der Waals surface area contributed by atoms with Crippen molar-refractivity contribution >= 4 is 21.4 Å². The number of benzene rings is 2. The first kappa shape index (κ1) is 17.6. The van der Waals surface area contributed by atoms with Crippen molar-refractivity contribution in [2.45, 2.75) is 18.7 Å². The molecule has 26 heavy (non-hydrogen) atoms. The number of para-hydroxylation sites is 2. The molecule has 1 heterocycles. The zero-order valence-electron chi connectivity index (χ0n) is 14.1. The predicted molar refractivity (Wildman–Crippen MR) is 96.9 cm³/mol. The summed E-state index contributed by atoms with van der Waals surface area (Å²) in [5, 5.41) is 15.1. The van der Waals surface area contributed by atoms with Crippen LogP contribution >= 0.6 is 0 Å². The highest BCUT2D eigenvalue weighted by Gasteiger charge is 2.18. The second kappa shape index (κ2) is 6.60. The highest BCUT2D eigenvalue weighted by molar-refractivity contribution is 7.92. The minimum atomic E-state index is -3.91. The normalized spacial score (nSPS) is 11.3. The molecule has 0 aliphatic rings. The van der Waals surface area contributed by atoms with Gasteiger partial charge in [-0.3, -0.25) is 14.8 Å². The van der Waals surface area contributed by atoms with E-state index in [1.807, 2.05) is 19.9 Å². The number of rotatable bonds is 5. The Kier molecular flexibility index (Phi) is 4.47. The van der Waals surface area contributed by atoms with Gasteiger partial charge in [-0.2, -0.15) is 5.10 Å². The first-order chi connectivity index (χ1) is 12.3. The molecule has 0 amide bonds. The average Bonchev–Trinajstić information content (AvgIpc) is 2.93. The van der Waals surface area contributed by atoms with E-state index in [-0.39, 0.29) is 10.6 Å². The van der Waals surface area contributed by atoms with Gasteiger partial charge in [-0.05, 0) is 44.2 Å². The SMILES string of the molecule is Cc1cc(C)n(-c2ccccc2NS(=O)(=O)c2ccc([N+](=O)[O-])cc2)n1. The van der Waals surface area contributed by atoms with E-state index in [4.69, 9.17) is 0 Å². The Morgan fingerprint density at radius 3 is 2.31 bits per heavy atom. The summed E-state index contributed by atoms with van der Waals surface area (Å²) in [6.45, 7) is 3.73. The average molecular weight is 372 g/mol. The molecule has 1 aromatic heterocycles. The number of hydrogen-bond donors (Lipinski definition) is 1. The maximum Gasteiger partial charge on any atom is 0.269 e. The molecule has 3 rings (SSSR count). The zero-order chi connectivity index (χ0) is 18.9. The van der Waals surface area contributed by atoms with Crippen molar-refractivity contribution in [2.75, 3.05) is 4.72 Å². The summed E-state index contributed by atoms with van der Waals surface area (Å²) >= 11 is 0. The van der Waals surface area contributed by atoms with Crippen molar-refractivity contribution in [2.24, 2.45) is 0 Å². The Labute approximate surface area is 150 Å². The monoisotopic (exact) mass is 372 g/mol. The fourth-order valence-corrected chi connectivity index (χ4v) is 3.64. The van der Waals surface area contributed by atoms with E-state index in [1.165, 1.54) is 12.1 Å². The Bertz CT molecular complexity index is 1070. The van der Waals surface area contributed by atoms with Crippen LogP contribution in [0.15, 0.2) is 59.5 Å². The van der Waals surface area contributed by atoms with Gasteiger partial charge in [0.25, 0.3) is 15.7 Å². The molecule has 9 heteroatoms. The summed E-state index contributed by atoms with van der Waals surface area (Å²) in [4.78, 5) is 10.1. The number of nitrogens with zero attached hydrogens (tertiary/aromatic N) is 3. The Balaban J connectivity index is 1.98. The number of nitro groups is 1. The second-order valence-corrected chi connectivity index (χ2v) is 7.39. The summed E-state index contributed by atoms with van der Waals surface area (Å²) in [5.74, 6) is 0. The zero-order valence-corrected chi connectivity index (χ0v) is 14.9. The van der Waals surface area contributed by atoms with Gasteiger partial charge in [-0.1, -0.05) is 12.1 Å². The molecule has 0 atom stereocenters. The molecule has 0 bridgehead atoms. The summed E-state index contributed by atoms with van der Waals surface area (Å²) in [7, 11) is -3.91. The van der Waals surface area contributed by atoms with Crippen molar-refractivity contribution in [1.82, 2.24) is 9.78 Å². The van der Waals surface area contributed by atoms with Gasteiger partial charge in [0.1, 0.15) is 0 Å². The minimum Gasteiger partial charge on any atom is -0.277 e. The number of hydrogen-bond acceptors (Lipinski definition) is 5. The molecule has 3 aromatic rings. The smallest absolute Gasteiger partial charge is 0.269 e. The van der Waals surface area contributed by atoms with E-state index < -0.39 is 14.9 Å². The van der Waals surface area contributed by atoms with Crippen molar-refractivity contribution in [3.8, 4) is 5.69 Å². The van der Waals surface area contributed by atoms with Crippen LogP contribution in [0.1, 0.15) is 11.4 Å². The summed E-state index contributed by atoms with van der Waals surface area (Å²) < 4.78 is 29.5. The van der Waals surface area contributed by atoms with Crippen LogP contribution in [0, 0.1) is 24.0 Å². The summed E-state index contributed by atoms with van der Waals surface area (Å²) in [6.07, 6.45) is 0. The third-order valence-corrected chi connectivity index (χ3v) is 5.13. The number of anilines is 1. The fourth-order valence-electron chi connectivity index (χ4n) is 2.57. The summed E-state index contributed by atoms with van der Waals surface area (Å²) in [6, 6.07) is 13.5. The molecule has 0 saturated carbocycles. The van der Waals surface area contributed by atoms with Crippen molar-refractivity contribution in [3.63, 3.8) is 0 Å². The minimum absolute atomic E-state index is 0.0636. The molecule has 1 N–H and O–H groups in total. The van der Waals surface area contributed by atoms with Gasteiger partial charge in [-0.15, -0.1) is 0 Å². The number of aromatic nitrogens is 2. The van der Waals surface area contributed by atoms with Crippen LogP contribution in [0.5, 0.6) is 0 Å². The molecule has 8 nitrogen and oxygen atoms in total. The molecule has 2 aromatic carbocycles. The molecule has 0 fully saturated rings. The number of aryl methyl sites for hydroxylation is 2. The predicted octanol–water partition coefficient (Wildman–Crippen LogP) is 3.20. The quantitative estimate of drug-likeness (QED) is 0.547. The first-order valence-corrected chi connectivity index (χ1v) is 9.16. The van der Waals surface area contributed by atoms with Crippen molar-refractivity contribution < 1.29 is 13.3 Å². The maximum atomic E-state index is 12.6. The van der Waals surface area contributed by atoms with Gasteiger partial charge in [0.05, 0.1) is 26.9 Å². The lowest BCUT2D eigenvalue weighted by molar-refractivity contribution is -0.384. The van der Waals surface area contributed by atoms with Gasteiger partial charge in [0, 0.05) is 17.8 Å². The lowest BCUT2D eigenvalue weighted by atomic mass is 10.2. The summed E-state index contributed by atoms with van der Waals surface area (Å²) in [5.41, 5.74) is 2.45. The van der Waals surface area contributed by atoms with Crippen LogP contribution in [0.2, 0.25) is 0 Å². The number of nitro benzene ring substituents is 1. The van der Waals surface area contributed by atoms with Gasteiger partial charge in [0.2, 0.25) is 0 Å². The van der Waals surface area contributed by atoms with Crippen LogP contribution in [0.4, 0.5) is 11.4 Å². The van der Waals surface area contributed by atoms with E-state index in [0.29, 0.717) is 11.4 Å². The molecule has 0 aliphatic carbocycles. The molecule has 0 saturated heterocycles. The molecule has 134 valence electrons. The highest BCUT2D eigenvalue weighted by Crippen LogP contribution is 2.25. The van der Waals surface area contributed by atoms with Crippen LogP contribution in [0.3, 0.4) is 0 Å². The molecular formula is C17H16N4O4S. The second-order valence-electron chi connectivity index (χ2n) is 5.71. The lowest BCUT2D eigenvalue weighted by Gasteiger charge is -2.13. The number of sulfonamides is 1. The van der Waals surface area contributed by atoms with E-state index in [2.05, 4.69) is 9.82 Å². The van der Waals surface area contributed by atoms with Crippen LogP contribution < -0.4 is 4.72 Å². The Morgan fingerprint density at radius 2 is 1.73 bits per heavy atom. The Morgan fingerprint density at radius 1 is 1.08 bits per heavy atom. The van der Waals surface area contributed by atoms with E-state index in [1.54, 1.807) is 28.9 Å². The number of nitrogens with one attached hydrogen (secondary N) is 1. The van der Waals surface area contributed by atoms with E-state index >= 15 is 0 Å². The number of non-ortho nitro benzene ring substituents is 1. The Hall–Kier alpha value is -3.20. The first-order valence-electron chi connectivity index (χ1n) is 7.68. The standard InChI is InChI=1S/C17H16N4O4S/c1-12-11-13(2)20(18-12)17-6-4-3-5-16(17)19-26(24,25)15-9-7-14(8-10-15)21(22)23/h3-11,19H,1-2H3. The third kappa shape index (κ3) is 3.42. The van der Waals surface area contributed by atoms with Crippen LogP contribution in [0.25, 0.3) is 5.69 Å². The van der Waals surface area contributed by atoms with E-state index in [9.17, 15) is 18.5 Å². The lowest BCUT2D eigenvalue weighted by Crippen LogP contribution is -2.15. The van der Waals surface area contributed by atoms with Gasteiger partial charge in [-0.25, -0.2) is 13.1 Å². The molecule has 0 unspecified atom stereocenters. The third-order valence-electron chi connectivity index (χ3n) is 3.74. The molecule has 0 aliphatic heterocycles. The highest BCUT2D eigenvalue weighted by atomic mass is 32.2. The van der Waals surface area contributed by atoms with E-state index in [0.717, 1.165) is 23.5 Å². The van der Waals surface area contributed by atoms with Crippen molar-refractivity contribution in [3.05, 3.63) is 76.1 Å². The fraction of sp³-hybridized carbons (Fsp3) is 0.118. The van der Waals surface area contributed by atoms with Crippen molar-refractivity contribution in [1.29, 1.82) is 0 Å². The van der Waals surface area contributed by atoms with Gasteiger partial charge in [0.15, 0.2) is 0 Å². The van der Waals surface area contributed by atoms with Gasteiger partial charge < -0.3 is 0 Å². The molecular weight excluding hydrogens is 356 g/mol. The van der Waals surface area contributed by atoms with Crippen LogP contribution in [-0.4, -0.2) is 23.1 Å². The topological polar surface area (TPSA) is 107 Å². The molecule has 0 radical (unpaired) electrons. The maximum absolute atomic E-state index is 12.6. The largest absolute Gasteiger partial charge is 0.277 e. The van der Waals surface area contributed by atoms with Crippen LogP contribution in [-0.2, 0) is 10.0 Å². The molecule has 0 spiro atoms.